The Hall–Kier alpha value is -2.69. The van der Waals surface area contributed by atoms with Crippen LogP contribution in [0.1, 0.15) is 24.2 Å². The second-order valence-electron chi connectivity index (χ2n) is 4.61. The number of rotatable bonds is 2. The number of ether oxygens (including phenoxy) is 1. The third kappa shape index (κ3) is 1.84. The van der Waals surface area contributed by atoms with E-state index in [9.17, 15) is 14.9 Å². The molecule has 0 spiro atoms. The molecule has 2 aromatic carbocycles. The van der Waals surface area contributed by atoms with Gasteiger partial charge >= 0.3 is 5.97 Å². The molecule has 0 radical (unpaired) electrons. The summed E-state index contributed by atoms with van der Waals surface area (Å²) in [6, 6.07) is 12.1. The van der Waals surface area contributed by atoms with Crippen LogP contribution in [0, 0.1) is 10.1 Å². The van der Waals surface area contributed by atoms with Gasteiger partial charge in [-0.15, -0.1) is 0 Å². The molecule has 0 fully saturated rings. The van der Waals surface area contributed by atoms with Gasteiger partial charge in [0.05, 0.1) is 4.92 Å². The van der Waals surface area contributed by atoms with E-state index in [-0.39, 0.29) is 11.7 Å². The first-order chi connectivity index (χ1) is 9.58. The fourth-order valence-corrected chi connectivity index (χ4v) is 2.55. The number of nitro benzene ring substituents is 1. The molecule has 1 atom stereocenters. The van der Waals surface area contributed by atoms with Gasteiger partial charge < -0.3 is 4.74 Å². The Bertz CT molecular complexity index is 724. The molecule has 1 aliphatic rings. The molecule has 0 heterocycles. The van der Waals surface area contributed by atoms with Gasteiger partial charge in [0.25, 0.3) is 5.69 Å². The summed E-state index contributed by atoms with van der Waals surface area (Å²) < 4.78 is 5.36. The maximum absolute atomic E-state index is 11.3. The molecule has 0 saturated carbocycles. The Balaban J connectivity index is 2.20. The van der Waals surface area contributed by atoms with E-state index < -0.39 is 11.0 Å². The van der Waals surface area contributed by atoms with Crippen LogP contribution in [0.2, 0.25) is 0 Å². The van der Waals surface area contributed by atoms with Gasteiger partial charge in [0, 0.05) is 30.2 Å². The maximum atomic E-state index is 11.3. The van der Waals surface area contributed by atoms with Gasteiger partial charge in [-0.1, -0.05) is 24.3 Å². The third-order valence-corrected chi connectivity index (χ3v) is 3.35. The molecule has 100 valence electrons. The zero-order chi connectivity index (χ0) is 14.3. The molecule has 0 aromatic heterocycles. The number of fused-ring (bicyclic) bond motifs is 3. The minimum absolute atomic E-state index is 0.0297. The van der Waals surface area contributed by atoms with E-state index in [0.717, 1.165) is 22.3 Å². The summed E-state index contributed by atoms with van der Waals surface area (Å²) in [5.74, 6) is -0.379. The second-order valence-corrected chi connectivity index (χ2v) is 4.61. The summed E-state index contributed by atoms with van der Waals surface area (Å²) in [6.07, 6.45) is -0.487. The summed E-state index contributed by atoms with van der Waals surface area (Å²) in [6.45, 7) is 1.35. The van der Waals surface area contributed by atoms with Crippen molar-refractivity contribution in [3.05, 3.63) is 63.7 Å². The Morgan fingerprint density at radius 1 is 1.15 bits per heavy atom. The van der Waals surface area contributed by atoms with Gasteiger partial charge in [0.15, 0.2) is 6.10 Å². The van der Waals surface area contributed by atoms with Crippen molar-refractivity contribution in [2.45, 2.75) is 13.0 Å². The van der Waals surface area contributed by atoms with E-state index in [2.05, 4.69) is 0 Å². The molecule has 5 nitrogen and oxygen atoms in total. The van der Waals surface area contributed by atoms with Crippen LogP contribution < -0.4 is 0 Å². The molecule has 0 bridgehead atoms. The Kier molecular flexibility index (Phi) is 2.75. The molecule has 5 heteroatoms. The van der Waals surface area contributed by atoms with Crippen molar-refractivity contribution >= 4 is 11.7 Å². The fraction of sp³-hybridized carbons (Fsp3) is 0.133. The van der Waals surface area contributed by atoms with Crippen LogP contribution in [0.25, 0.3) is 11.1 Å². The molecular formula is C15H11NO4. The lowest BCUT2D eigenvalue weighted by Crippen LogP contribution is -2.07. The van der Waals surface area contributed by atoms with E-state index in [1.165, 1.54) is 19.1 Å². The largest absolute Gasteiger partial charge is 0.453 e. The van der Waals surface area contributed by atoms with Crippen molar-refractivity contribution in [2.75, 3.05) is 0 Å². The lowest BCUT2D eigenvalue weighted by molar-refractivity contribution is -0.384. The first-order valence-corrected chi connectivity index (χ1v) is 6.13. The first-order valence-electron chi connectivity index (χ1n) is 6.13. The predicted molar refractivity (Wildman–Crippen MR) is 72.1 cm³/mol. The lowest BCUT2D eigenvalue weighted by atomic mass is 10.1. The molecule has 2 aromatic rings. The van der Waals surface area contributed by atoms with Crippen molar-refractivity contribution in [2.24, 2.45) is 0 Å². The molecule has 0 amide bonds. The predicted octanol–water partition coefficient (Wildman–Crippen LogP) is 3.23. The van der Waals surface area contributed by atoms with Crippen molar-refractivity contribution in [1.29, 1.82) is 0 Å². The topological polar surface area (TPSA) is 69.4 Å². The summed E-state index contributed by atoms with van der Waals surface area (Å²) >= 11 is 0. The van der Waals surface area contributed by atoms with Gasteiger partial charge in [-0.25, -0.2) is 0 Å². The minimum atomic E-state index is -0.487. The quantitative estimate of drug-likeness (QED) is 0.477. The zero-order valence-corrected chi connectivity index (χ0v) is 10.7. The molecule has 0 aliphatic heterocycles. The molecule has 0 N–H and O–H groups in total. The Morgan fingerprint density at radius 3 is 2.55 bits per heavy atom. The molecule has 1 aliphatic carbocycles. The fourth-order valence-electron chi connectivity index (χ4n) is 2.55. The van der Waals surface area contributed by atoms with Crippen molar-refractivity contribution in [3.63, 3.8) is 0 Å². The number of hydrogen-bond donors (Lipinski definition) is 0. The highest BCUT2D eigenvalue weighted by atomic mass is 16.6. The standard InChI is InChI=1S/C15H11NO4/c1-9(17)20-15-12-5-3-2-4-11(12)14-8-10(16(18)19)6-7-13(14)15/h2-8,15H,1H3/t15-/m0/s1. The first kappa shape index (κ1) is 12.3. The van der Waals surface area contributed by atoms with Crippen LogP contribution in [0.3, 0.4) is 0 Å². The number of nitrogens with zero attached hydrogens (tertiary/aromatic N) is 1. The zero-order valence-electron chi connectivity index (χ0n) is 10.7. The monoisotopic (exact) mass is 269 g/mol. The highest BCUT2D eigenvalue weighted by Crippen LogP contribution is 2.46. The highest BCUT2D eigenvalue weighted by Gasteiger charge is 2.31. The molecule has 3 rings (SSSR count). The number of hydrogen-bond acceptors (Lipinski definition) is 4. The van der Waals surface area contributed by atoms with Crippen LogP contribution in [-0.2, 0) is 9.53 Å². The minimum Gasteiger partial charge on any atom is -0.453 e. The van der Waals surface area contributed by atoms with E-state index in [4.69, 9.17) is 4.74 Å². The summed E-state index contributed by atoms with van der Waals surface area (Å²) in [5, 5.41) is 10.9. The van der Waals surface area contributed by atoms with Gasteiger partial charge in [-0.3, -0.25) is 14.9 Å². The van der Waals surface area contributed by atoms with E-state index >= 15 is 0 Å². The molecule has 0 saturated heterocycles. The molecular weight excluding hydrogens is 258 g/mol. The smallest absolute Gasteiger partial charge is 0.303 e. The van der Waals surface area contributed by atoms with E-state index in [1.807, 2.05) is 24.3 Å². The van der Waals surface area contributed by atoms with Crippen LogP contribution in [0.15, 0.2) is 42.5 Å². The Morgan fingerprint density at radius 2 is 1.85 bits per heavy atom. The van der Waals surface area contributed by atoms with Crippen LogP contribution in [0.5, 0.6) is 0 Å². The third-order valence-electron chi connectivity index (χ3n) is 3.35. The number of benzene rings is 2. The average molecular weight is 269 g/mol. The SMILES string of the molecule is CC(=O)O[C@H]1c2ccccc2-c2cc([N+](=O)[O-])ccc21. The average Bonchev–Trinajstić information content (AvgIpc) is 2.73. The molecule has 0 unspecified atom stereocenters. The van der Waals surface area contributed by atoms with Crippen molar-refractivity contribution in [3.8, 4) is 11.1 Å². The summed E-state index contributed by atoms with van der Waals surface area (Å²) in [7, 11) is 0. The maximum Gasteiger partial charge on any atom is 0.303 e. The normalized spacial score (nSPS) is 15.3. The Labute approximate surface area is 115 Å². The number of carbonyl (C=O) groups is 1. The van der Waals surface area contributed by atoms with Gasteiger partial charge in [-0.2, -0.15) is 0 Å². The van der Waals surface area contributed by atoms with Gasteiger partial charge in [-0.05, 0) is 17.2 Å². The number of esters is 1. The van der Waals surface area contributed by atoms with Crippen LogP contribution in [0.4, 0.5) is 5.69 Å². The van der Waals surface area contributed by atoms with Gasteiger partial charge in [0.2, 0.25) is 0 Å². The van der Waals surface area contributed by atoms with Crippen LogP contribution in [-0.4, -0.2) is 10.9 Å². The van der Waals surface area contributed by atoms with E-state index in [0.29, 0.717) is 0 Å². The van der Waals surface area contributed by atoms with Gasteiger partial charge in [0.1, 0.15) is 0 Å². The summed E-state index contributed by atoms with van der Waals surface area (Å²) in [5.41, 5.74) is 3.30. The van der Waals surface area contributed by atoms with Crippen LogP contribution >= 0.6 is 0 Å². The number of carbonyl (C=O) groups excluding carboxylic acids is 1. The van der Waals surface area contributed by atoms with Crippen molar-refractivity contribution in [1.82, 2.24) is 0 Å². The number of nitro groups is 1. The highest BCUT2D eigenvalue weighted by molar-refractivity contribution is 5.81. The molecule has 20 heavy (non-hydrogen) atoms. The summed E-state index contributed by atoms with van der Waals surface area (Å²) in [4.78, 5) is 21.7. The lowest BCUT2D eigenvalue weighted by Gasteiger charge is -2.13. The second kappa shape index (κ2) is 4.45. The van der Waals surface area contributed by atoms with E-state index in [1.54, 1.807) is 6.07 Å². The van der Waals surface area contributed by atoms with Crippen molar-refractivity contribution < 1.29 is 14.5 Å². The number of non-ortho nitro benzene ring substituents is 1.